The number of rotatable bonds is 3. The van der Waals surface area contributed by atoms with Crippen LogP contribution in [0.1, 0.15) is 18.0 Å². The summed E-state index contributed by atoms with van der Waals surface area (Å²) >= 11 is 2.15. The maximum atomic E-state index is 10.4. The largest absolute Gasteiger partial charge is 0.481 e. The fourth-order valence-corrected chi connectivity index (χ4v) is 1.86. The number of halogens is 1. The molecule has 1 rings (SSSR count). The lowest BCUT2D eigenvalue weighted by molar-refractivity contribution is -0.137. The van der Waals surface area contributed by atoms with E-state index < -0.39 is 12.0 Å². The predicted octanol–water partition coefficient (Wildman–Crippen LogP) is 1.77. The van der Waals surface area contributed by atoms with Gasteiger partial charge in [0.2, 0.25) is 0 Å². The lowest BCUT2D eigenvalue weighted by Crippen LogP contribution is -2.15. The van der Waals surface area contributed by atoms with E-state index in [1.54, 1.807) is 0 Å². The van der Waals surface area contributed by atoms with Crippen molar-refractivity contribution in [1.82, 2.24) is 0 Å². The lowest BCUT2D eigenvalue weighted by atomic mass is 10.1. The quantitative estimate of drug-likeness (QED) is 0.834. The van der Waals surface area contributed by atoms with Gasteiger partial charge < -0.3 is 10.8 Å². The Labute approximate surface area is 90.1 Å². The van der Waals surface area contributed by atoms with Crippen LogP contribution in [-0.2, 0) is 4.79 Å². The van der Waals surface area contributed by atoms with Gasteiger partial charge in [0.25, 0.3) is 0 Å². The zero-order valence-electron chi connectivity index (χ0n) is 6.90. The fourth-order valence-electron chi connectivity index (χ4n) is 1.07. The Morgan fingerprint density at radius 3 is 2.69 bits per heavy atom. The van der Waals surface area contributed by atoms with Crippen molar-refractivity contribution in [1.29, 1.82) is 0 Å². The standard InChI is InChI=1S/C9H10INO2/c10-7-4-2-1-3-6(7)8(11)5-9(12)13/h1-4,8H,5,11H2,(H,12,13). The molecule has 0 radical (unpaired) electrons. The van der Waals surface area contributed by atoms with Gasteiger partial charge >= 0.3 is 5.97 Å². The van der Waals surface area contributed by atoms with Crippen molar-refractivity contribution >= 4 is 28.6 Å². The second-order valence-electron chi connectivity index (χ2n) is 2.73. The molecule has 1 unspecified atom stereocenters. The Morgan fingerprint density at radius 1 is 1.54 bits per heavy atom. The van der Waals surface area contributed by atoms with Crippen molar-refractivity contribution in [2.45, 2.75) is 12.5 Å². The number of benzene rings is 1. The van der Waals surface area contributed by atoms with Crippen LogP contribution in [0.2, 0.25) is 0 Å². The van der Waals surface area contributed by atoms with E-state index in [2.05, 4.69) is 22.6 Å². The van der Waals surface area contributed by atoms with Crippen molar-refractivity contribution in [3.63, 3.8) is 0 Å². The number of carbonyl (C=O) groups is 1. The van der Waals surface area contributed by atoms with E-state index in [0.29, 0.717) is 0 Å². The Morgan fingerprint density at radius 2 is 2.15 bits per heavy atom. The molecule has 3 N–H and O–H groups in total. The summed E-state index contributed by atoms with van der Waals surface area (Å²) in [6.07, 6.45) is -0.0278. The number of carboxylic acid groups (broad SMARTS) is 1. The van der Waals surface area contributed by atoms with Gasteiger partial charge in [-0.05, 0) is 34.2 Å². The van der Waals surface area contributed by atoms with E-state index in [9.17, 15) is 4.79 Å². The molecule has 0 saturated heterocycles. The average molecular weight is 291 g/mol. The van der Waals surface area contributed by atoms with Crippen molar-refractivity contribution in [2.24, 2.45) is 5.73 Å². The summed E-state index contributed by atoms with van der Waals surface area (Å²) in [6.45, 7) is 0. The zero-order valence-corrected chi connectivity index (χ0v) is 9.06. The third kappa shape index (κ3) is 2.96. The normalized spacial score (nSPS) is 12.5. The predicted molar refractivity (Wildman–Crippen MR) is 58.3 cm³/mol. The summed E-state index contributed by atoms with van der Waals surface area (Å²) in [5.74, 6) is -0.868. The topological polar surface area (TPSA) is 63.3 Å². The molecule has 1 atom stereocenters. The third-order valence-corrected chi connectivity index (χ3v) is 2.68. The van der Waals surface area contributed by atoms with E-state index in [4.69, 9.17) is 10.8 Å². The van der Waals surface area contributed by atoms with Crippen LogP contribution in [-0.4, -0.2) is 11.1 Å². The SMILES string of the molecule is NC(CC(=O)O)c1ccccc1I. The molecule has 0 spiro atoms. The lowest BCUT2D eigenvalue weighted by Gasteiger charge is -2.10. The molecular formula is C9H10INO2. The Balaban J connectivity index is 2.82. The molecule has 0 aliphatic carbocycles. The summed E-state index contributed by atoms with van der Waals surface area (Å²) in [6, 6.07) is 7.12. The maximum absolute atomic E-state index is 10.4. The highest BCUT2D eigenvalue weighted by Crippen LogP contribution is 2.19. The summed E-state index contributed by atoms with van der Waals surface area (Å²) < 4.78 is 1.01. The van der Waals surface area contributed by atoms with Gasteiger partial charge in [-0.2, -0.15) is 0 Å². The number of carboxylic acids is 1. The van der Waals surface area contributed by atoms with Crippen LogP contribution in [0.4, 0.5) is 0 Å². The van der Waals surface area contributed by atoms with Crippen LogP contribution in [0.25, 0.3) is 0 Å². The molecule has 4 heteroatoms. The van der Waals surface area contributed by atoms with E-state index in [1.165, 1.54) is 0 Å². The highest BCUT2D eigenvalue weighted by Gasteiger charge is 2.12. The second-order valence-corrected chi connectivity index (χ2v) is 3.89. The van der Waals surface area contributed by atoms with Crippen molar-refractivity contribution in [3.8, 4) is 0 Å². The summed E-state index contributed by atoms with van der Waals surface area (Å²) in [4.78, 5) is 10.4. The molecule has 0 heterocycles. The average Bonchev–Trinajstić information content (AvgIpc) is 2.03. The van der Waals surface area contributed by atoms with Crippen molar-refractivity contribution in [3.05, 3.63) is 33.4 Å². The molecule has 0 amide bonds. The van der Waals surface area contributed by atoms with E-state index in [1.807, 2.05) is 24.3 Å². The van der Waals surface area contributed by atoms with Gasteiger partial charge in [0.05, 0.1) is 6.42 Å². The van der Waals surface area contributed by atoms with Crippen LogP contribution in [0.5, 0.6) is 0 Å². The molecule has 0 fully saturated rings. The molecule has 70 valence electrons. The minimum Gasteiger partial charge on any atom is -0.481 e. The van der Waals surface area contributed by atoms with Crippen molar-refractivity contribution in [2.75, 3.05) is 0 Å². The first kappa shape index (κ1) is 10.5. The molecular weight excluding hydrogens is 281 g/mol. The van der Waals surface area contributed by atoms with Gasteiger partial charge in [0, 0.05) is 9.61 Å². The van der Waals surface area contributed by atoms with Crippen LogP contribution in [0.15, 0.2) is 24.3 Å². The summed E-state index contributed by atoms with van der Waals surface area (Å²) in [5, 5.41) is 8.55. The molecule has 13 heavy (non-hydrogen) atoms. The summed E-state index contributed by atoms with van der Waals surface area (Å²) in [5.41, 5.74) is 6.61. The highest BCUT2D eigenvalue weighted by atomic mass is 127. The number of hydrogen-bond acceptors (Lipinski definition) is 2. The summed E-state index contributed by atoms with van der Waals surface area (Å²) in [7, 11) is 0. The Hall–Kier alpha value is -0.620. The molecule has 0 aliphatic rings. The van der Waals surface area contributed by atoms with Crippen LogP contribution in [0.3, 0.4) is 0 Å². The molecule has 0 saturated carbocycles. The van der Waals surface area contributed by atoms with Crippen LogP contribution in [0, 0.1) is 3.57 Å². The first-order valence-electron chi connectivity index (χ1n) is 3.83. The monoisotopic (exact) mass is 291 g/mol. The number of aliphatic carboxylic acids is 1. The van der Waals surface area contributed by atoms with Gasteiger partial charge in [-0.25, -0.2) is 0 Å². The molecule has 1 aromatic carbocycles. The van der Waals surface area contributed by atoms with E-state index in [0.717, 1.165) is 9.13 Å². The zero-order chi connectivity index (χ0) is 9.84. The molecule has 0 aliphatic heterocycles. The molecule has 1 aromatic rings. The van der Waals surface area contributed by atoms with Crippen LogP contribution < -0.4 is 5.73 Å². The van der Waals surface area contributed by atoms with Gasteiger partial charge in [0.1, 0.15) is 0 Å². The van der Waals surface area contributed by atoms with Gasteiger partial charge in [0.15, 0.2) is 0 Å². The van der Waals surface area contributed by atoms with Crippen LogP contribution >= 0.6 is 22.6 Å². The molecule has 0 bridgehead atoms. The first-order chi connectivity index (χ1) is 6.11. The molecule has 3 nitrogen and oxygen atoms in total. The maximum Gasteiger partial charge on any atom is 0.305 e. The smallest absolute Gasteiger partial charge is 0.305 e. The van der Waals surface area contributed by atoms with E-state index in [-0.39, 0.29) is 6.42 Å². The minimum absolute atomic E-state index is 0.0278. The van der Waals surface area contributed by atoms with Gasteiger partial charge in [-0.1, -0.05) is 18.2 Å². The molecule has 0 aromatic heterocycles. The Bertz CT molecular complexity index is 314. The van der Waals surface area contributed by atoms with Crippen molar-refractivity contribution < 1.29 is 9.90 Å². The first-order valence-corrected chi connectivity index (χ1v) is 4.91. The van der Waals surface area contributed by atoms with Gasteiger partial charge in [-0.15, -0.1) is 0 Å². The minimum atomic E-state index is -0.868. The number of nitrogens with two attached hydrogens (primary N) is 1. The fraction of sp³-hybridized carbons (Fsp3) is 0.222. The highest BCUT2D eigenvalue weighted by molar-refractivity contribution is 14.1. The van der Waals surface area contributed by atoms with Gasteiger partial charge in [-0.3, -0.25) is 4.79 Å². The second kappa shape index (κ2) is 4.57. The van der Waals surface area contributed by atoms with E-state index >= 15 is 0 Å². The third-order valence-electron chi connectivity index (χ3n) is 1.70. The number of hydrogen-bond donors (Lipinski definition) is 2. The Kier molecular flexibility index (Phi) is 3.68.